The number of rotatable bonds is 7. The molecule has 0 saturated heterocycles. The van der Waals surface area contributed by atoms with Crippen molar-refractivity contribution in [3.63, 3.8) is 0 Å². The topological polar surface area (TPSA) is 137 Å². The predicted molar refractivity (Wildman–Crippen MR) is 149 cm³/mol. The fourth-order valence-electron chi connectivity index (χ4n) is 4.11. The molecule has 1 aromatic heterocycles. The van der Waals surface area contributed by atoms with E-state index >= 15 is 0 Å². The van der Waals surface area contributed by atoms with Gasteiger partial charge in [-0.3, -0.25) is 14.4 Å². The Hall–Kier alpha value is -3.69. The molecule has 10 heteroatoms. The fraction of sp³-hybridized carbons (Fsp3) is 0.536. The second kappa shape index (κ2) is 13.7. The smallest absolute Gasteiger partial charge is 0.243 e. The van der Waals surface area contributed by atoms with Crippen LogP contribution in [0, 0.1) is 11.8 Å². The van der Waals surface area contributed by atoms with Crippen molar-refractivity contribution in [2.75, 3.05) is 23.7 Å². The molecule has 0 unspecified atom stereocenters. The van der Waals surface area contributed by atoms with Gasteiger partial charge in [0.05, 0.1) is 0 Å². The molecular weight excluding hydrogens is 482 g/mol. The molecule has 0 spiro atoms. The molecule has 1 aliphatic heterocycles. The average Bonchev–Trinajstić information content (AvgIpc) is 2.86. The summed E-state index contributed by atoms with van der Waals surface area (Å²) in [7, 11) is 0. The number of carbonyl (C=O) groups is 3. The first-order valence-corrected chi connectivity index (χ1v) is 13.4. The van der Waals surface area contributed by atoms with Crippen LogP contribution in [-0.2, 0) is 27.2 Å². The van der Waals surface area contributed by atoms with Crippen molar-refractivity contribution < 1.29 is 14.4 Å². The highest BCUT2D eigenvalue weighted by atomic mass is 16.2. The molecular formula is C28H41N7O3. The lowest BCUT2D eigenvalue weighted by atomic mass is 10.0. The van der Waals surface area contributed by atoms with Gasteiger partial charge in [-0.05, 0) is 30.7 Å². The van der Waals surface area contributed by atoms with Crippen LogP contribution in [0.3, 0.4) is 0 Å². The second-order valence-corrected chi connectivity index (χ2v) is 10.6. The van der Waals surface area contributed by atoms with Crippen molar-refractivity contribution in [2.45, 2.75) is 72.0 Å². The third kappa shape index (κ3) is 8.71. The van der Waals surface area contributed by atoms with Crippen LogP contribution in [0.25, 0.3) is 0 Å². The minimum absolute atomic E-state index is 0.190. The highest BCUT2D eigenvalue weighted by Crippen LogP contribution is 2.16. The summed E-state index contributed by atoms with van der Waals surface area (Å²) in [4.78, 5) is 48.5. The number of amides is 3. The quantitative estimate of drug-likeness (QED) is 0.375. The third-order valence-electron chi connectivity index (χ3n) is 6.38. The maximum atomic E-state index is 13.6. The lowest BCUT2D eigenvalue weighted by molar-refractivity contribution is -0.132. The zero-order valence-corrected chi connectivity index (χ0v) is 23.0. The molecule has 3 atom stereocenters. The predicted octanol–water partition coefficient (Wildman–Crippen LogP) is 2.28. The molecule has 2 bridgehead atoms. The summed E-state index contributed by atoms with van der Waals surface area (Å²) in [6.07, 6.45) is 1.82. The molecule has 0 radical (unpaired) electrons. The molecule has 10 nitrogen and oxygen atoms in total. The zero-order valence-electron chi connectivity index (χ0n) is 23.0. The van der Waals surface area contributed by atoms with E-state index in [0.717, 1.165) is 17.7 Å². The number of nitrogens with one attached hydrogen (secondary N) is 5. The Morgan fingerprint density at radius 3 is 2.37 bits per heavy atom. The Labute approximate surface area is 225 Å². The van der Waals surface area contributed by atoms with Crippen LogP contribution in [0.1, 0.15) is 52.3 Å². The standard InChI is InChI=1S/C28H41N7O3/c1-17(2)11-13-30-28-32-21-12-14-29-25(36)19(5)31-27(38)24(18(3)4)35-26(37)22(33-23(16-21)34-28)15-20-9-7-6-8-10-20/h6-10,16-19,22,24H,11-15H2,1-5H3,(H,29,36)(H,31,38)(H,35,37)(H2,30,32,33,34)/t19-,22-,24+/m0/s1. The fourth-order valence-corrected chi connectivity index (χ4v) is 4.11. The molecule has 2 aromatic rings. The molecule has 206 valence electrons. The minimum atomic E-state index is -0.808. The van der Waals surface area contributed by atoms with E-state index in [1.165, 1.54) is 0 Å². The van der Waals surface area contributed by atoms with E-state index in [1.54, 1.807) is 13.0 Å². The molecule has 2 heterocycles. The molecule has 3 amide bonds. The lowest BCUT2D eigenvalue weighted by Crippen LogP contribution is -2.56. The SMILES string of the molecule is CC(C)CCNc1nc2cc(n1)N[C@@H](Cc1ccccc1)C(=O)N[C@H](C(C)C)C(=O)N[C@@H](C)C(=O)NCC2. The van der Waals surface area contributed by atoms with Gasteiger partial charge in [0, 0.05) is 37.7 Å². The van der Waals surface area contributed by atoms with Crippen molar-refractivity contribution in [3.8, 4) is 0 Å². The van der Waals surface area contributed by atoms with Gasteiger partial charge in [0.2, 0.25) is 23.7 Å². The van der Waals surface area contributed by atoms with Gasteiger partial charge in [-0.15, -0.1) is 0 Å². The van der Waals surface area contributed by atoms with Gasteiger partial charge in [0.15, 0.2) is 0 Å². The summed E-state index contributed by atoms with van der Waals surface area (Å²) >= 11 is 0. The number of anilines is 2. The molecule has 0 fully saturated rings. The highest BCUT2D eigenvalue weighted by Gasteiger charge is 2.30. The molecule has 38 heavy (non-hydrogen) atoms. The van der Waals surface area contributed by atoms with E-state index in [4.69, 9.17) is 0 Å². The van der Waals surface area contributed by atoms with E-state index in [-0.39, 0.29) is 17.7 Å². The molecule has 0 aliphatic carbocycles. The van der Waals surface area contributed by atoms with Crippen LogP contribution in [-0.4, -0.2) is 58.9 Å². The van der Waals surface area contributed by atoms with E-state index in [1.807, 2.05) is 44.2 Å². The van der Waals surface area contributed by atoms with Gasteiger partial charge in [-0.25, -0.2) is 4.98 Å². The minimum Gasteiger partial charge on any atom is -0.358 e. The Morgan fingerprint density at radius 1 is 0.947 bits per heavy atom. The number of hydrogen-bond acceptors (Lipinski definition) is 7. The Morgan fingerprint density at radius 2 is 1.68 bits per heavy atom. The number of hydrogen-bond donors (Lipinski definition) is 5. The lowest BCUT2D eigenvalue weighted by Gasteiger charge is -2.26. The number of carbonyl (C=O) groups excluding carboxylic acids is 3. The number of nitrogens with zero attached hydrogens (tertiary/aromatic N) is 2. The molecule has 1 aromatic carbocycles. The van der Waals surface area contributed by atoms with Gasteiger partial charge in [0.25, 0.3) is 0 Å². The van der Waals surface area contributed by atoms with Gasteiger partial charge in [-0.2, -0.15) is 4.98 Å². The van der Waals surface area contributed by atoms with Crippen LogP contribution in [0.15, 0.2) is 36.4 Å². The average molecular weight is 524 g/mol. The van der Waals surface area contributed by atoms with Gasteiger partial charge in [0.1, 0.15) is 23.9 Å². The number of aromatic nitrogens is 2. The number of fused-ring (bicyclic) bond motifs is 2. The van der Waals surface area contributed by atoms with Crippen LogP contribution < -0.4 is 26.6 Å². The maximum Gasteiger partial charge on any atom is 0.243 e. The first-order valence-electron chi connectivity index (χ1n) is 13.4. The first kappa shape index (κ1) is 28.9. The van der Waals surface area contributed by atoms with E-state index in [2.05, 4.69) is 50.4 Å². The summed E-state index contributed by atoms with van der Waals surface area (Å²) in [6.45, 7) is 10.7. The summed E-state index contributed by atoms with van der Waals surface area (Å²) in [5.41, 5.74) is 1.69. The van der Waals surface area contributed by atoms with E-state index in [9.17, 15) is 14.4 Å². The second-order valence-electron chi connectivity index (χ2n) is 10.6. The van der Waals surface area contributed by atoms with Crippen molar-refractivity contribution in [1.29, 1.82) is 0 Å². The maximum absolute atomic E-state index is 13.6. The van der Waals surface area contributed by atoms with Crippen molar-refractivity contribution in [1.82, 2.24) is 25.9 Å². The normalized spacial score (nSPS) is 21.0. The molecule has 3 rings (SSSR count). The van der Waals surface area contributed by atoms with Crippen LogP contribution in [0.2, 0.25) is 0 Å². The summed E-state index contributed by atoms with van der Waals surface area (Å²) in [6, 6.07) is 9.24. The third-order valence-corrected chi connectivity index (χ3v) is 6.38. The van der Waals surface area contributed by atoms with Gasteiger partial charge >= 0.3 is 0 Å². The number of benzene rings is 1. The van der Waals surface area contributed by atoms with Crippen LogP contribution in [0.5, 0.6) is 0 Å². The van der Waals surface area contributed by atoms with Gasteiger partial charge < -0.3 is 26.6 Å². The molecule has 1 aliphatic rings. The summed E-state index contributed by atoms with van der Waals surface area (Å²) < 4.78 is 0. The first-order chi connectivity index (χ1) is 18.1. The molecule has 0 saturated carbocycles. The summed E-state index contributed by atoms with van der Waals surface area (Å²) in [5.74, 6) is 0.268. The largest absolute Gasteiger partial charge is 0.358 e. The van der Waals surface area contributed by atoms with E-state index < -0.39 is 24.0 Å². The summed E-state index contributed by atoms with van der Waals surface area (Å²) in [5, 5.41) is 15.1. The van der Waals surface area contributed by atoms with Crippen molar-refractivity contribution in [3.05, 3.63) is 47.7 Å². The van der Waals surface area contributed by atoms with E-state index in [0.29, 0.717) is 43.6 Å². The van der Waals surface area contributed by atoms with Crippen LogP contribution >= 0.6 is 0 Å². The Balaban J connectivity index is 1.97. The monoisotopic (exact) mass is 523 g/mol. The zero-order chi connectivity index (χ0) is 27.7. The Bertz CT molecular complexity index is 1090. The van der Waals surface area contributed by atoms with Crippen molar-refractivity contribution >= 4 is 29.5 Å². The van der Waals surface area contributed by atoms with Crippen LogP contribution in [0.4, 0.5) is 11.8 Å². The highest BCUT2D eigenvalue weighted by molar-refractivity contribution is 5.93. The molecule has 5 N–H and O–H groups in total. The van der Waals surface area contributed by atoms with Gasteiger partial charge in [-0.1, -0.05) is 58.0 Å². The van der Waals surface area contributed by atoms with Crippen molar-refractivity contribution in [2.24, 2.45) is 11.8 Å². The Kier molecular flexibility index (Phi) is 10.4.